The van der Waals surface area contributed by atoms with Crippen LogP contribution in [-0.4, -0.2) is 35.3 Å². The molecule has 0 atom stereocenters. The fourth-order valence-corrected chi connectivity index (χ4v) is 3.06. The topological polar surface area (TPSA) is 67.1 Å². The quantitative estimate of drug-likeness (QED) is 0.926. The van der Waals surface area contributed by atoms with Crippen LogP contribution in [-0.2, 0) is 19.4 Å². The minimum Gasteiger partial charge on any atom is -0.361 e. The number of fused-ring (bicyclic) bond motifs is 1. The van der Waals surface area contributed by atoms with E-state index in [1.165, 1.54) is 24.1 Å². The van der Waals surface area contributed by atoms with E-state index in [2.05, 4.69) is 38.5 Å². The standard InChI is InChI=1S/C16H21N5O/c1-21(9-12-8-15(22-20-12)11-2-3-11)16-13-4-6-17-7-5-14(13)18-10-19-16/h8,10-11,17H,2-7,9H2,1H3. The zero-order valence-corrected chi connectivity index (χ0v) is 12.9. The van der Waals surface area contributed by atoms with E-state index in [-0.39, 0.29) is 0 Å². The summed E-state index contributed by atoms with van der Waals surface area (Å²) in [5, 5.41) is 7.62. The molecule has 1 N–H and O–H groups in total. The molecule has 1 saturated carbocycles. The highest BCUT2D eigenvalue weighted by atomic mass is 16.5. The van der Waals surface area contributed by atoms with Crippen LogP contribution in [0.5, 0.6) is 0 Å². The molecule has 2 aliphatic rings. The Morgan fingerprint density at radius 3 is 3.00 bits per heavy atom. The van der Waals surface area contributed by atoms with Gasteiger partial charge in [0.25, 0.3) is 0 Å². The minimum absolute atomic E-state index is 0.605. The molecule has 6 nitrogen and oxygen atoms in total. The van der Waals surface area contributed by atoms with Gasteiger partial charge in [0.05, 0.1) is 12.2 Å². The van der Waals surface area contributed by atoms with E-state index in [0.29, 0.717) is 12.5 Å². The van der Waals surface area contributed by atoms with Crippen LogP contribution in [0.2, 0.25) is 0 Å². The predicted octanol–water partition coefficient (Wildman–Crippen LogP) is 1.67. The molecule has 1 aliphatic carbocycles. The van der Waals surface area contributed by atoms with Crippen molar-refractivity contribution in [2.75, 3.05) is 25.0 Å². The van der Waals surface area contributed by atoms with Gasteiger partial charge in [-0.1, -0.05) is 5.16 Å². The molecular weight excluding hydrogens is 278 g/mol. The lowest BCUT2D eigenvalue weighted by Gasteiger charge is -2.20. The van der Waals surface area contributed by atoms with Gasteiger partial charge in [-0.2, -0.15) is 0 Å². The van der Waals surface area contributed by atoms with Crippen LogP contribution in [0.3, 0.4) is 0 Å². The SMILES string of the molecule is CN(Cc1cc(C2CC2)on1)c1ncnc2c1CCNCC2. The molecule has 0 aromatic carbocycles. The van der Waals surface area contributed by atoms with Crippen LogP contribution < -0.4 is 10.2 Å². The first-order valence-electron chi connectivity index (χ1n) is 8.01. The molecule has 4 rings (SSSR count). The van der Waals surface area contributed by atoms with Crippen molar-refractivity contribution >= 4 is 5.82 Å². The highest BCUT2D eigenvalue weighted by molar-refractivity contribution is 5.49. The molecule has 2 aromatic heterocycles. The fraction of sp³-hybridized carbons (Fsp3) is 0.562. The normalized spacial score (nSPS) is 17.9. The molecule has 0 bridgehead atoms. The zero-order chi connectivity index (χ0) is 14.9. The molecule has 22 heavy (non-hydrogen) atoms. The Balaban J connectivity index is 1.55. The van der Waals surface area contributed by atoms with Crippen molar-refractivity contribution in [3.63, 3.8) is 0 Å². The summed E-state index contributed by atoms with van der Waals surface area (Å²) in [5.41, 5.74) is 3.41. The Morgan fingerprint density at radius 2 is 2.14 bits per heavy atom. The second-order valence-corrected chi connectivity index (χ2v) is 6.22. The van der Waals surface area contributed by atoms with E-state index in [0.717, 1.165) is 43.2 Å². The van der Waals surface area contributed by atoms with Crippen LogP contribution in [0.25, 0.3) is 0 Å². The second-order valence-electron chi connectivity index (χ2n) is 6.22. The Morgan fingerprint density at radius 1 is 1.27 bits per heavy atom. The van der Waals surface area contributed by atoms with Crippen molar-refractivity contribution in [1.82, 2.24) is 20.4 Å². The van der Waals surface area contributed by atoms with Crippen molar-refractivity contribution < 1.29 is 4.52 Å². The van der Waals surface area contributed by atoms with Gasteiger partial charge in [-0.3, -0.25) is 0 Å². The number of nitrogens with one attached hydrogen (secondary N) is 1. The third kappa shape index (κ3) is 2.70. The third-order valence-electron chi connectivity index (χ3n) is 4.42. The third-order valence-corrected chi connectivity index (χ3v) is 4.42. The molecule has 0 saturated heterocycles. The molecule has 0 unspecified atom stereocenters. The second kappa shape index (κ2) is 5.68. The highest BCUT2D eigenvalue weighted by Gasteiger charge is 2.28. The van der Waals surface area contributed by atoms with Crippen LogP contribution in [0, 0.1) is 0 Å². The molecule has 2 aromatic rings. The van der Waals surface area contributed by atoms with E-state index in [1.807, 2.05) is 0 Å². The number of nitrogens with zero attached hydrogens (tertiary/aromatic N) is 4. The summed E-state index contributed by atoms with van der Waals surface area (Å²) in [6.45, 7) is 2.69. The summed E-state index contributed by atoms with van der Waals surface area (Å²) in [5.74, 6) is 2.66. The van der Waals surface area contributed by atoms with Gasteiger partial charge in [-0.15, -0.1) is 0 Å². The molecule has 1 fully saturated rings. The smallest absolute Gasteiger partial charge is 0.140 e. The van der Waals surface area contributed by atoms with Gasteiger partial charge in [0.1, 0.15) is 23.6 Å². The molecule has 6 heteroatoms. The van der Waals surface area contributed by atoms with Crippen molar-refractivity contribution in [3.8, 4) is 0 Å². The van der Waals surface area contributed by atoms with Gasteiger partial charge in [0.2, 0.25) is 0 Å². The molecular formula is C16H21N5O. The number of aromatic nitrogens is 3. The maximum atomic E-state index is 5.44. The van der Waals surface area contributed by atoms with Gasteiger partial charge in [-0.05, 0) is 25.8 Å². The lowest BCUT2D eigenvalue weighted by molar-refractivity contribution is 0.378. The van der Waals surface area contributed by atoms with Crippen LogP contribution >= 0.6 is 0 Å². The maximum absolute atomic E-state index is 5.44. The molecule has 1 aliphatic heterocycles. The molecule has 3 heterocycles. The molecule has 0 radical (unpaired) electrons. The Kier molecular flexibility index (Phi) is 3.54. The summed E-state index contributed by atoms with van der Waals surface area (Å²) >= 11 is 0. The average molecular weight is 299 g/mol. The largest absolute Gasteiger partial charge is 0.361 e. The molecule has 116 valence electrons. The first-order chi connectivity index (χ1) is 10.8. The summed E-state index contributed by atoms with van der Waals surface area (Å²) in [6, 6.07) is 2.09. The summed E-state index contributed by atoms with van der Waals surface area (Å²) in [6.07, 6.45) is 6.08. The number of hydrogen-bond acceptors (Lipinski definition) is 6. The lowest BCUT2D eigenvalue weighted by atomic mass is 10.1. The summed E-state index contributed by atoms with van der Waals surface area (Å²) < 4.78 is 5.44. The summed E-state index contributed by atoms with van der Waals surface area (Å²) in [7, 11) is 2.06. The van der Waals surface area contributed by atoms with E-state index >= 15 is 0 Å². The zero-order valence-electron chi connectivity index (χ0n) is 12.9. The Labute approximate surface area is 129 Å². The Bertz CT molecular complexity index is 664. The van der Waals surface area contributed by atoms with Gasteiger partial charge in [-0.25, -0.2) is 9.97 Å². The van der Waals surface area contributed by atoms with E-state index in [9.17, 15) is 0 Å². The van der Waals surface area contributed by atoms with Crippen LogP contribution in [0.4, 0.5) is 5.82 Å². The van der Waals surface area contributed by atoms with Gasteiger partial charge in [0.15, 0.2) is 0 Å². The first-order valence-corrected chi connectivity index (χ1v) is 8.01. The summed E-state index contributed by atoms with van der Waals surface area (Å²) in [4.78, 5) is 11.1. The molecule has 0 spiro atoms. The number of hydrogen-bond donors (Lipinski definition) is 1. The van der Waals surface area contributed by atoms with Crippen molar-refractivity contribution in [2.24, 2.45) is 0 Å². The number of rotatable bonds is 4. The number of anilines is 1. The van der Waals surface area contributed by atoms with Crippen LogP contribution in [0.15, 0.2) is 16.9 Å². The van der Waals surface area contributed by atoms with Crippen molar-refractivity contribution in [2.45, 2.75) is 38.1 Å². The van der Waals surface area contributed by atoms with E-state index in [1.54, 1.807) is 6.33 Å². The average Bonchev–Trinajstić information content (AvgIpc) is 3.31. The van der Waals surface area contributed by atoms with Gasteiger partial charge >= 0.3 is 0 Å². The maximum Gasteiger partial charge on any atom is 0.140 e. The van der Waals surface area contributed by atoms with Crippen molar-refractivity contribution in [1.29, 1.82) is 0 Å². The first kappa shape index (κ1) is 13.7. The van der Waals surface area contributed by atoms with Gasteiger partial charge in [0, 0.05) is 37.6 Å². The molecule has 0 amide bonds. The van der Waals surface area contributed by atoms with E-state index < -0.39 is 0 Å². The highest BCUT2D eigenvalue weighted by Crippen LogP contribution is 2.40. The lowest BCUT2D eigenvalue weighted by Crippen LogP contribution is -2.21. The van der Waals surface area contributed by atoms with Gasteiger partial charge < -0.3 is 14.7 Å². The minimum atomic E-state index is 0.605. The Hall–Kier alpha value is -1.95. The predicted molar refractivity (Wildman–Crippen MR) is 82.9 cm³/mol. The fourth-order valence-electron chi connectivity index (χ4n) is 3.06. The van der Waals surface area contributed by atoms with Crippen LogP contribution in [0.1, 0.15) is 41.5 Å². The van der Waals surface area contributed by atoms with Crippen molar-refractivity contribution in [3.05, 3.63) is 35.1 Å². The monoisotopic (exact) mass is 299 g/mol. The van der Waals surface area contributed by atoms with E-state index in [4.69, 9.17) is 4.52 Å².